The van der Waals surface area contributed by atoms with Crippen molar-refractivity contribution in [2.24, 2.45) is 4.99 Å². The van der Waals surface area contributed by atoms with E-state index in [1.807, 2.05) is 7.05 Å². The van der Waals surface area contributed by atoms with E-state index in [0.717, 1.165) is 58.1 Å². The second kappa shape index (κ2) is 11.5. The van der Waals surface area contributed by atoms with Crippen LogP contribution in [0.1, 0.15) is 69.9 Å². The minimum atomic E-state index is 0.133. The smallest absolute Gasteiger partial charge is 0.193 e. The van der Waals surface area contributed by atoms with Crippen LogP contribution < -0.4 is 10.6 Å². The highest BCUT2D eigenvalue weighted by Crippen LogP contribution is 2.32. The van der Waals surface area contributed by atoms with Crippen LogP contribution in [-0.4, -0.2) is 68.5 Å². The zero-order valence-corrected chi connectivity index (χ0v) is 20.0. The molecule has 2 aliphatic heterocycles. The van der Waals surface area contributed by atoms with Gasteiger partial charge in [-0.15, -0.1) is 0 Å². The van der Waals surface area contributed by atoms with Crippen molar-refractivity contribution in [3.8, 4) is 0 Å². The number of aliphatic imine (C=N–C) groups is 1. The lowest BCUT2D eigenvalue weighted by atomic mass is 9.94. The highest BCUT2D eigenvalue weighted by atomic mass is 16.5. The summed E-state index contributed by atoms with van der Waals surface area (Å²) < 4.78 is 11.8. The Morgan fingerprint density at radius 1 is 1.16 bits per heavy atom. The van der Waals surface area contributed by atoms with Crippen LogP contribution in [0.15, 0.2) is 35.3 Å². The molecular formula is C26H42N4O2. The minimum absolute atomic E-state index is 0.133. The lowest BCUT2D eigenvalue weighted by Crippen LogP contribution is -2.55. The number of rotatable bonds is 8. The summed E-state index contributed by atoms with van der Waals surface area (Å²) in [4.78, 5) is 7.02. The van der Waals surface area contributed by atoms with Crippen LogP contribution >= 0.6 is 0 Å². The molecule has 0 amide bonds. The molecule has 3 aliphatic rings. The molecule has 32 heavy (non-hydrogen) atoms. The molecule has 2 saturated heterocycles. The topological polar surface area (TPSA) is 58.1 Å². The first-order valence-corrected chi connectivity index (χ1v) is 12.7. The van der Waals surface area contributed by atoms with Crippen molar-refractivity contribution in [2.45, 2.75) is 82.1 Å². The Morgan fingerprint density at radius 3 is 2.56 bits per heavy atom. The van der Waals surface area contributed by atoms with Gasteiger partial charge in [0.1, 0.15) is 0 Å². The second-order valence-electron chi connectivity index (χ2n) is 9.82. The number of likely N-dealkylation sites (tertiary alicyclic amines) is 1. The van der Waals surface area contributed by atoms with Gasteiger partial charge < -0.3 is 25.0 Å². The van der Waals surface area contributed by atoms with Crippen LogP contribution in [0.4, 0.5) is 0 Å². The molecular weight excluding hydrogens is 400 g/mol. The van der Waals surface area contributed by atoms with E-state index in [9.17, 15) is 0 Å². The zero-order valence-electron chi connectivity index (χ0n) is 20.0. The van der Waals surface area contributed by atoms with Crippen molar-refractivity contribution in [3.05, 3.63) is 35.9 Å². The lowest BCUT2D eigenvalue weighted by Gasteiger charge is -2.38. The molecule has 1 aliphatic carbocycles. The van der Waals surface area contributed by atoms with Gasteiger partial charge in [0.15, 0.2) is 5.96 Å². The van der Waals surface area contributed by atoms with Gasteiger partial charge in [0.25, 0.3) is 0 Å². The molecule has 4 rings (SSSR count). The summed E-state index contributed by atoms with van der Waals surface area (Å²) in [6.07, 6.45) is 10.1. The van der Waals surface area contributed by atoms with Gasteiger partial charge in [-0.2, -0.15) is 0 Å². The summed E-state index contributed by atoms with van der Waals surface area (Å²) in [7, 11) is 1.91. The molecule has 0 aromatic heterocycles. The number of ether oxygens (including phenoxy) is 2. The van der Waals surface area contributed by atoms with Crippen molar-refractivity contribution in [1.29, 1.82) is 0 Å². The largest absolute Gasteiger partial charge is 0.376 e. The SMILES string of the molecule is CN=C(NCC1(NC(C)c2ccccc2)CCCC1)N1CCC(OCC2CCCO2)CC1. The van der Waals surface area contributed by atoms with E-state index in [4.69, 9.17) is 9.47 Å². The summed E-state index contributed by atoms with van der Waals surface area (Å²) in [6, 6.07) is 11.1. The number of piperidine rings is 1. The number of hydrogen-bond donors (Lipinski definition) is 2. The second-order valence-corrected chi connectivity index (χ2v) is 9.82. The monoisotopic (exact) mass is 442 g/mol. The fourth-order valence-electron chi connectivity index (χ4n) is 5.54. The maximum absolute atomic E-state index is 6.15. The molecule has 2 atom stereocenters. The van der Waals surface area contributed by atoms with Crippen molar-refractivity contribution in [1.82, 2.24) is 15.5 Å². The Kier molecular flexibility index (Phi) is 8.44. The van der Waals surface area contributed by atoms with Gasteiger partial charge in [-0.25, -0.2) is 0 Å². The van der Waals surface area contributed by atoms with Crippen LogP contribution in [0, 0.1) is 0 Å². The van der Waals surface area contributed by atoms with E-state index in [1.54, 1.807) is 0 Å². The first-order valence-electron chi connectivity index (χ1n) is 12.7. The third-order valence-corrected chi connectivity index (χ3v) is 7.46. The van der Waals surface area contributed by atoms with E-state index >= 15 is 0 Å². The number of guanidine groups is 1. The number of nitrogens with zero attached hydrogens (tertiary/aromatic N) is 2. The normalized spacial score (nSPS) is 25.2. The van der Waals surface area contributed by atoms with Gasteiger partial charge in [0.05, 0.1) is 18.8 Å². The maximum atomic E-state index is 6.15. The molecule has 1 aromatic rings. The Hall–Kier alpha value is -1.63. The molecule has 0 spiro atoms. The maximum Gasteiger partial charge on any atom is 0.193 e. The lowest BCUT2D eigenvalue weighted by molar-refractivity contribution is -0.0367. The first kappa shape index (κ1) is 23.5. The molecule has 0 bridgehead atoms. The minimum Gasteiger partial charge on any atom is -0.376 e. The molecule has 2 unspecified atom stereocenters. The van der Waals surface area contributed by atoms with Gasteiger partial charge in [-0.05, 0) is 51.0 Å². The number of nitrogens with one attached hydrogen (secondary N) is 2. The molecule has 6 nitrogen and oxygen atoms in total. The highest BCUT2D eigenvalue weighted by Gasteiger charge is 2.35. The fraction of sp³-hybridized carbons (Fsp3) is 0.731. The van der Waals surface area contributed by atoms with Crippen molar-refractivity contribution in [3.63, 3.8) is 0 Å². The standard InChI is InChI=1S/C26H42N4O2/c1-21(22-9-4-3-5-10-22)29-26(14-6-7-15-26)20-28-25(27-2)30-16-12-23(13-17-30)32-19-24-11-8-18-31-24/h3-5,9-10,21,23-24,29H,6-8,11-20H2,1-2H3,(H,27,28). The Morgan fingerprint density at radius 2 is 1.91 bits per heavy atom. The molecule has 3 fully saturated rings. The molecule has 178 valence electrons. The summed E-state index contributed by atoms with van der Waals surface area (Å²) in [5.41, 5.74) is 1.49. The Labute approximate surface area is 194 Å². The zero-order chi connectivity index (χ0) is 22.2. The van der Waals surface area contributed by atoms with Crippen LogP contribution in [0.5, 0.6) is 0 Å². The van der Waals surface area contributed by atoms with Gasteiger partial charge in [0.2, 0.25) is 0 Å². The van der Waals surface area contributed by atoms with Gasteiger partial charge in [-0.1, -0.05) is 43.2 Å². The van der Waals surface area contributed by atoms with Crippen LogP contribution in [0.2, 0.25) is 0 Å². The Balaban J connectivity index is 1.25. The van der Waals surface area contributed by atoms with E-state index in [-0.39, 0.29) is 5.54 Å². The van der Waals surface area contributed by atoms with Crippen molar-refractivity contribution in [2.75, 3.05) is 39.9 Å². The third-order valence-electron chi connectivity index (χ3n) is 7.46. The van der Waals surface area contributed by atoms with E-state index in [0.29, 0.717) is 18.2 Å². The predicted molar refractivity (Wildman–Crippen MR) is 130 cm³/mol. The quantitative estimate of drug-likeness (QED) is 0.473. The van der Waals surface area contributed by atoms with Crippen LogP contribution in [-0.2, 0) is 9.47 Å². The molecule has 2 N–H and O–H groups in total. The first-order chi connectivity index (χ1) is 15.7. The van der Waals surface area contributed by atoms with Crippen molar-refractivity contribution < 1.29 is 9.47 Å². The van der Waals surface area contributed by atoms with Gasteiger partial charge >= 0.3 is 0 Å². The molecule has 1 aromatic carbocycles. The summed E-state index contributed by atoms with van der Waals surface area (Å²) in [5, 5.41) is 7.70. The average Bonchev–Trinajstić information content (AvgIpc) is 3.52. The third kappa shape index (κ3) is 6.24. The summed E-state index contributed by atoms with van der Waals surface area (Å²) >= 11 is 0. The van der Waals surface area contributed by atoms with E-state index in [1.165, 1.54) is 37.7 Å². The summed E-state index contributed by atoms with van der Waals surface area (Å²) in [5.74, 6) is 1.03. The van der Waals surface area contributed by atoms with E-state index in [2.05, 4.69) is 57.8 Å². The molecule has 2 heterocycles. The fourth-order valence-corrected chi connectivity index (χ4v) is 5.54. The number of benzene rings is 1. The average molecular weight is 443 g/mol. The number of hydrogen-bond acceptors (Lipinski definition) is 4. The predicted octanol–water partition coefficient (Wildman–Crippen LogP) is 3.89. The van der Waals surface area contributed by atoms with Gasteiger partial charge in [0, 0.05) is 44.9 Å². The van der Waals surface area contributed by atoms with E-state index < -0.39 is 0 Å². The molecule has 6 heteroatoms. The van der Waals surface area contributed by atoms with Crippen molar-refractivity contribution >= 4 is 5.96 Å². The van der Waals surface area contributed by atoms with Gasteiger partial charge in [-0.3, -0.25) is 4.99 Å². The van der Waals surface area contributed by atoms with Crippen LogP contribution in [0.3, 0.4) is 0 Å². The molecule has 0 radical (unpaired) electrons. The Bertz CT molecular complexity index is 706. The molecule has 1 saturated carbocycles. The summed E-state index contributed by atoms with van der Waals surface area (Å²) in [6.45, 7) is 6.85. The van der Waals surface area contributed by atoms with Crippen LogP contribution in [0.25, 0.3) is 0 Å². The highest BCUT2D eigenvalue weighted by molar-refractivity contribution is 5.80.